The maximum atomic E-state index is 13.4. The Morgan fingerprint density at radius 1 is 1.09 bits per heavy atom. The molecule has 0 bridgehead atoms. The number of fused-ring (bicyclic) bond motifs is 1. The average Bonchev–Trinajstić information content (AvgIpc) is 2.78. The van der Waals surface area contributed by atoms with Crippen LogP contribution in [-0.4, -0.2) is 44.2 Å². The van der Waals surface area contributed by atoms with Gasteiger partial charge in [0.2, 0.25) is 21.8 Å². The molecule has 4 rings (SSSR count). The van der Waals surface area contributed by atoms with Crippen LogP contribution in [-0.2, 0) is 26.0 Å². The summed E-state index contributed by atoms with van der Waals surface area (Å²) in [7, 11) is -3.79. The second-order valence-corrected chi connectivity index (χ2v) is 10.2. The number of piperidine rings is 1. The topological polar surface area (TPSA) is 86.8 Å². The number of hydrogen-bond acceptors (Lipinski definition) is 4. The van der Waals surface area contributed by atoms with Crippen molar-refractivity contribution in [1.29, 1.82) is 0 Å². The normalized spacial score (nSPS) is 19.3. The predicted octanol–water partition coefficient (Wildman–Crippen LogP) is 3.16. The van der Waals surface area contributed by atoms with E-state index < -0.39 is 21.8 Å². The lowest BCUT2D eigenvalue weighted by molar-refractivity contribution is -0.121. The number of carbonyl (C=O) groups is 2. The number of aryl methyl sites for hydroxylation is 1. The number of anilines is 2. The first kappa shape index (κ1) is 22.4. The fraction of sp³-hybridized carbons (Fsp3) is 0.391. The zero-order chi connectivity index (χ0) is 22.9. The summed E-state index contributed by atoms with van der Waals surface area (Å²) in [6.45, 7) is 2.54. The first-order chi connectivity index (χ1) is 15.3. The number of benzene rings is 2. The van der Waals surface area contributed by atoms with Crippen molar-refractivity contribution >= 4 is 33.2 Å². The number of amides is 2. The number of hydrogen-bond donors (Lipinski definition) is 1. The van der Waals surface area contributed by atoms with Crippen LogP contribution in [0.25, 0.3) is 0 Å². The molecule has 0 aliphatic carbocycles. The summed E-state index contributed by atoms with van der Waals surface area (Å²) in [6.07, 6.45) is 2.61. The molecule has 0 unspecified atom stereocenters. The molecular weight excluding hydrogens is 433 g/mol. The van der Waals surface area contributed by atoms with Gasteiger partial charge in [0, 0.05) is 37.9 Å². The van der Waals surface area contributed by atoms with Crippen molar-refractivity contribution in [2.24, 2.45) is 5.92 Å². The Kier molecular flexibility index (Phi) is 6.30. The van der Waals surface area contributed by atoms with Gasteiger partial charge in [-0.2, -0.15) is 4.31 Å². The maximum Gasteiger partial charge on any atom is 0.243 e. The number of rotatable bonds is 4. The predicted molar refractivity (Wildman–Crippen MR) is 119 cm³/mol. The fourth-order valence-corrected chi connectivity index (χ4v) is 5.97. The van der Waals surface area contributed by atoms with Crippen molar-refractivity contribution in [1.82, 2.24) is 4.31 Å². The van der Waals surface area contributed by atoms with Gasteiger partial charge in [-0.1, -0.05) is 6.07 Å². The molecule has 1 N–H and O–H groups in total. The SMILES string of the molecule is CC(=O)N1CCCc2cc(S(=O)(=O)N3CCC[C@H](C(=O)Nc4cccc(F)c4)C3)ccc21. The van der Waals surface area contributed by atoms with Gasteiger partial charge >= 0.3 is 0 Å². The van der Waals surface area contributed by atoms with Crippen molar-refractivity contribution in [2.75, 3.05) is 29.9 Å². The number of sulfonamides is 1. The van der Waals surface area contributed by atoms with E-state index in [1.165, 1.54) is 35.5 Å². The second-order valence-electron chi connectivity index (χ2n) is 8.27. The third-order valence-corrected chi connectivity index (χ3v) is 7.90. The molecule has 2 aromatic carbocycles. The highest BCUT2D eigenvalue weighted by atomic mass is 32.2. The van der Waals surface area contributed by atoms with Crippen LogP contribution >= 0.6 is 0 Å². The van der Waals surface area contributed by atoms with Crippen LogP contribution in [0.2, 0.25) is 0 Å². The first-order valence-corrected chi connectivity index (χ1v) is 12.2. The van der Waals surface area contributed by atoms with Crippen molar-refractivity contribution in [3.05, 3.63) is 53.8 Å². The van der Waals surface area contributed by atoms with E-state index in [9.17, 15) is 22.4 Å². The van der Waals surface area contributed by atoms with Gasteiger partial charge in [0.1, 0.15) is 5.82 Å². The van der Waals surface area contributed by atoms with Gasteiger partial charge < -0.3 is 10.2 Å². The summed E-state index contributed by atoms with van der Waals surface area (Å²) < 4.78 is 41.4. The molecule has 1 atom stereocenters. The Hall–Kier alpha value is -2.78. The minimum atomic E-state index is -3.79. The van der Waals surface area contributed by atoms with E-state index in [4.69, 9.17) is 0 Å². The number of nitrogens with zero attached hydrogens (tertiary/aromatic N) is 2. The van der Waals surface area contributed by atoms with Gasteiger partial charge in [-0.3, -0.25) is 9.59 Å². The zero-order valence-electron chi connectivity index (χ0n) is 17.9. The van der Waals surface area contributed by atoms with E-state index in [1.54, 1.807) is 23.1 Å². The zero-order valence-corrected chi connectivity index (χ0v) is 18.7. The molecule has 1 saturated heterocycles. The lowest BCUT2D eigenvalue weighted by Crippen LogP contribution is -2.43. The van der Waals surface area contributed by atoms with E-state index in [2.05, 4.69) is 5.32 Å². The Labute approximate surface area is 187 Å². The van der Waals surface area contributed by atoms with E-state index in [0.717, 1.165) is 17.7 Å². The Morgan fingerprint density at radius 3 is 2.66 bits per heavy atom. The maximum absolute atomic E-state index is 13.4. The highest BCUT2D eigenvalue weighted by Gasteiger charge is 2.34. The molecule has 7 nitrogen and oxygen atoms in total. The quantitative estimate of drug-likeness (QED) is 0.761. The number of halogens is 1. The molecule has 0 saturated carbocycles. The van der Waals surface area contributed by atoms with Crippen LogP contribution in [0.1, 0.15) is 31.7 Å². The molecule has 2 aliphatic rings. The molecule has 32 heavy (non-hydrogen) atoms. The van der Waals surface area contributed by atoms with Crippen molar-refractivity contribution < 1.29 is 22.4 Å². The summed E-state index contributed by atoms with van der Waals surface area (Å²) in [5, 5.41) is 2.68. The third-order valence-electron chi connectivity index (χ3n) is 6.03. The minimum Gasteiger partial charge on any atom is -0.326 e. The Balaban J connectivity index is 1.51. The molecule has 0 aromatic heterocycles. The van der Waals surface area contributed by atoms with Crippen LogP contribution in [0.5, 0.6) is 0 Å². The monoisotopic (exact) mass is 459 g/mol. The van der Waals surface area contributed by atoms with Crippen molar-refractivity contribution in [3.63, 3.8) is 0 Å². The molecule has 170 valence electrons. The summed E-state index contributed by atoms with van der Waals surface area (Å²) in [5.41, 5.74) is 1.94. The number of nitrogens with one attached hydrogen (secondary N) is 1. The van der Waals surface area contributed by atoms with Crippen molar-refractivity contribution in [2.45, 2.75) is 37.5 Å². The lowest BCUT2D eigenvalue weighted by Gasteiger charge is -2.32. The largest absolute Gasteiger partial charge is 0.326 e. The van der Waals surface area contributed by atoms with Crippen LogP contribution in [0.15, 0.2) is 47.4 Å². The average molecular weight is 460 g/mol. The molecule has 9 heteroatoms. The van der Waals surface area contributed by atoms with Crippen LogP contribution in [0.4, 0.5) is 15.8 Å². The van der Waals surface area contributed by atoms with E-state index in [1.807, 2.05) is 0 Å². The Bertz CT molecular complexity index is 1150. The first-order valence-electron chi connectivity index (χ1n) is 10.7. The lowest BCUT2D eigenvalue weighted by atomic mass is 9.99. The standard InChI is InChI=1S/C23H26FN3O4S/c1-16(28)27-12-4-5-17-13-21(9-10-22(17)27)32(30,31)26-11-3-6-18(15-26)23(29)25-20-8-2-7-19(24)14-20/h2,7-10,13-14,18H,3-6,11-12,15H2,1H3,(H,25,29)/t18-/m0/s1. The molecule has 0 radical (unpaired) electrons. The van der Waals surface area contributed by atoms with Gasteiger partial charge in [0.05, 0.1) is 10.8 Å². The van der Waals surface area contributed by atoms with Gasteiger partial charge in [0.15, 0.2) is 0 Å². The summed E-state index contributed by atoms with van der Waals surface area (Å²) in [5.74, 6) is -1.36. The Morgan fingerprint density at radius 2 is 1.91 bits per heavy atom. The molecule has 0 spiro atoms. The highest BCUT2D eigenvalue weighted by Crippen LogP contribution is 2.32. The van der Waals surface area contributed by atoms with E-state index in [-0.39, 0.29) is 23.3 Å². The minimum absolute atomic E-state index is 0.0651. The van der Waals surface area contributed by atoms with Gasteiger partial charge in [0.25, 0.3) is 0 Å². The molecular formula is C23H26FN3O4S. The van der Waals surface area contributed by atoms with Crippen LogP contribution in [0, 0.1) is 11.7 Å². The highest BCUT2D eigenvalue weighted by molar-refractivity contribution is 7.89. The molecule has 2 amide bonds. The van der Waals surface area contributed by atoms with Crippen LogP contribution in [0.3, 0.4) is 0 Å². The van der Waals surface area contributed by atoms with Gasteiger partial charge in [-0.25, -0.2) is 12.8 Å². The molecule has 2 heterocycles. The second kappa shape index (κ2) is 8.99. The van der Waals surface area contributed by atoms with E-state index in [0.29, 0.717) is 38.0 Å². The van der Waals surface area contributed by atoms with Gasteiger partial charge in [-0.05, 0) is 67.6 Å². The summed E-state index contributed by atoms with van der Waals surface area (Å²) >= 11 is 0. The molecule has 2 aromatic rings. The van der Waals surface area contributed by atoms with Crippen molar-refractivity contribution in [3.8, 4) is 0 Å². The summed E-state index contributed by atoms with van der Waals surface area (Å²) in [4.78, 5) is 26.4. The number of carbonyl (C=O) groups excluding carboxylic acids is 2. The van der Waals surface area contributed by atoms with E-state index >= 15 is 0 Å². The smallest absolute Gasteiger partial charge is 0.243 e. The third kappa shape index (κ3) is 4.54. The van der Waals surface area contributed by atoms with Gasteiger partial charge in [-0.15, -0.1) is 0 Å². The summed E-state index contributed by atoms with van der Waals surface area (Å²) in [6, 6.07) is 10.5. The van der Waals surface area contributed by atoms with Crippen LogP contribution < -0.4 is 10.2 Å². The fourth-order valence-electron chi connectivity index (χ4n) is 4.40. The molecule has 1 fully saturated rings. The molecule has 2 aliphatic heterocycles.